The summed E-state index contributed by atoms with van der Waals surface area (Å²) in [6.07, 6.45) is 3.54. The summed E-state index contributed by atoms with van der Waals surface area (Å²) >= 11 is 0. The molecule has 0 amide bonds. The lowest BCUT2D eigenvalue weighted by Crippen LogP contribution is -2.39. The number of hydrogen-bond acceptors (Lipinski definition) is 4. The zero-order chi connectivity index (χ0) is 14.8. The van der Waals surface area contributed by atoms with Gasteiger partial charge in [-0.2, -0.15) is 0 Å². The van der Waals surface area contributed by atoms with Crippen molar-refractivity contribution in [3.63, 3.8) is 0 Å². The Morgan fingerprint density at radius 3 is 3.05 bits per heavy atom. The molecule has 4 nitrogen and oxygen atoms in total. The van der Waals surface area contributed by atoms with Crippen LogP contribution >= 0.6 is 0 Å². The lowest BCUT2D eigenvalue weighted by atomic mass is 9.95. The number of ether oxygens (including phenoxy) is 1. The molecule has 2 unspecified atom stereocenters. The van der Waals surface area contributed by atoms with Gasteiger partial charge >= 0.3 is 0 Å². The first-order chi connectivity index (χ1) is 10.2. The number of nitrogens with zero attached hydrogens (tertiary/aromatic N) is 2. The van der Waals surface area contributed by atoms with E-state index in [1.165, 1.54) is 29.7 Å². The van der Waals surface area contributed by atoms with Crippen molar-refractivity contribution in [2.45, 2.75) is 31.3 Å². The van der Waals surface area contributed by atoms with Crippen molar-refractivity contribution in [2.24, 2.45) is 5.73 Å². The molecule has 1 aromatic rings. The molecular weight excluding hydrogens is 262 g/mol. The lowest BCUT2D eigenvalue weighted by molar-refractivity contribution is 0.134. The van der Waals surface area contributed by atoms with E-state index in [4.69, 9.17) is 10.5 Å². The van der Waals surface area contributed by atoms with E-state index < -0.39 is 0 Å². The fourth-order valence-corrected chi connectivity index (χ4v) is 3.65. The topological polar surface area (TPSA) is 41.7 Å². The first-order valence-electron chi connectivity index (χ1n) is 8.04. The molecular formula is C17H27N3O. The zero-order valence-corrected chi connectivity index (χ0v) is 13.2. The Kier molecular flexibility index (Phi) is 4.48. The molecule has 1 aromatic carbocycles. The Morgan fingerprint density at radius 1 is 1.48 bits per heavy atom. The molecule has 2 atom stereocenters. The Bertz CT molecular complexity index is 485. The number of nitrogens with two attached hydrogens (primary N) is 1. The lowest BCUT2D eigenvalue weighted by Gasteiger charge is -2.33. The molecule has 116 valence electrons. The van der Waals surface area contributed by atoms with E-state index in [1.807, 2.05) is 0 Å². The van der Waals surface area contributed by atoms with Crippen LogP contribution in [0.4, 0.5) is 5.69 Å². The molecule has 2 aliphatic rings. The van der Waals surface area contributed by atoms with E-state index in [1.54, 1.807) is 0 Å². The highest BCUT2D eigenvalue weighted by Crippen LogP contribution is 2.31. The maximum atomic E-state index is 6.08. The number of aryl methyl sites for hydroxylation is 1. The molecule has 3 rings (SSSR count). The number of rotatable bonds is 4. The van der Waals surface area contributed by atoms with Gasteiger partial charge in [-0.3, -0.25) is 4.90 Å². The molecule has 21 heavy (non-hydrogen) atoms. The quantitative estimate of drug-likeness (QED) is 0.917. The molecule has 0 aromatic heterocycles. The van der Waals surface area contributed by atoms with Crippen LogP contribution in [0.15, 0.2) is 18.2 Å². The van der Waals surface area contributed by atoms with E-state index in [2.05, 4.69) is 42.1 Å². The monoisotopic (exact) mass is 289 g/mol. The average molecular weight is 289 g/mol. The molecule has 4 heteroatoms. The summed E-state index contributed by atoms with van der Waals surface area (Å²) in [5.74, 6) is 0. The largest absolute Gasteiger partial charge is 0.380 e. The van der Waals surface area contributed by atoms with Crippen molar-refractivity contribution < 1.29 is 4.74 Å². The number of hydrogen-bond donors (Lipinski definition) is 1. The first-order valence-corrected chi connectivity index (χ1v) is 8.04. The normalized spacial score (nSPS) is 23.4. The van der Waals surface area contributed by atoms with Crippen LogP contribution in [0, 0.1) is 0 Å². The molecule has 2 aliphatic heterocycles. The predicted molar refractivity (Wildman–Crippen MR) is 86.8 cm³/mol. The third-order valence-electron chi connectivity index (χ3n) is 5.04. The van der Waals surface area contributed by atoms with Gasteiger partial charge in [0.05, 0.1) is 6.61 Å². The van der Waals surface area contributed by atoms with Gasteiger partial charge in [0.1, 0.15) is 0 Å². The molecule has 0 bridgehead atoms. The number of likely N-dealkylation sites (N-methyl/N-ethyl adjacent to an activating group) is 1. The highest BCUT2D eigenvalue weighted by atomic mass is 16.5. The summed E-state index contributed by atoms with van der Waals surface area (Å²) in [6, 6.07) is 7.68. The minimum atomic E-state index is 0.286. The van der Waals surface area contributed by atoms with E-state index in [-0.39, 0.29) is 6.04 Å². The summed E-state index contributed by atoms with van der Waals surface area (Å²) < 4.78 is 5.52. The summed E-state index contributed by atoms with van der Waals surface area (Å²) in [4.78, 5) is 4.76. The summed E-state index contributed by atoms with van der Waals surface area (Å²) in [7, 11) is 4.36. The number of fused-ring (bicyclic) bond motifs is 1. The maximum Gasteiger partial charge on any atom is 0.0622 e. The smallest absolute Gasteiger partial charge is 0.0622 e. The Morgan fingerprint density at radius 2 is 2.33 bits per heavy atom. The van der Waals surface area contributed by atoms with Gasteiger partial charge in [0.25, 0.3) is 0 Å². The summed E-state index contributed by atoms with van der Waals surface area (Å²) in [5.41, 5.74) is 10.3. The van der Waals surface area contributed by atoms with E-state index in [0.717, 1.165) is 26.2 Å². The van der Waals surface area contributed by atoms with Gasteiger partial charge in [-0.1, -0.05) is 12.1 Å². The van der Waals surface area contributed by atoms with Crippen molar-refractivity contribution in [3.05, 3.63) is 29.3 Å². The van der Waals surface area contributed by atoms with Crippen molar-refractivity contribution >= 4 is 5.69 Å². The highest BCUT2D eigenvalue weighted by Gasteiger charge is 2.27. The third kappa shape index (κ3) is 2.93. The van der Waals surface area contributed by atoms with Crippen LogP contribution in [0.25, 0.3) is 0 Å². The third-order valence-corrected chi connectivity index (χ3v) is 5.04. The maximum absolute atomic E-state index is 6.08. The van der Waals surface area contributed by atoms with Gasteiger partial charge in [0.15, 0.2) is 0 Å². The van der Waals surface area contributed by atoms with Crippen LogP contribution in [0.5, 0.6) is 0 Å². The zero-order valence-electron chi connectivity index (χ0n) is 13.2. The Labute approximate surface area is 127 Å². The van der Waals surface area contributed by atoms with Gasteiger partial charge in [0, 0.05) is 44.5 Å². The van der Waals surface area contributed by atoms with Gasteiger partial charge in [-0.25, -0.2) is 0 Å². The minimum Gasteiger partial charge on any atom is -0.380 e. The molecule has 0 radical (unpaired) electrons. The molecule has 1 fully saturated rings. The second kappa shape index (κ2) is 6.34. The Hall–Kier alpha value is -1.10. The number of anilines is 1. The molecule has 1 saturated heterocycles. The van der Waals surface area contributed by atoms with Gasteiger partial charge in [-0.15, -0.1) is 0 Å². The van der Waals surface area contributed by atoms with Crippen molar-refractivity contribution in [1.82, 2.24) is 4.90 Å². The molecule has 0 saturated carbocycles. The molecule has 2 heterocycles. The molecule has 0 spiro atoms. The predicted octanol–water partition coefficient (Wildman–Crippen LogP) is 1.79. The second-order valence-electron chi connectivity index (χ2n) is 6.35. The van der Waals surface area contributed by atoms with Crippen LogP contribution in [0.3, 0.4) is 0 Å². The van der Waals surface area contributed by atoms with E-state index in [9.17, 15) is 0 Å². The van der Waals surface area contributed by atoms with Gasteiger partial charge < -0.3 is 15.4 Å². The molecule has 2 N–H and O–H groups in total. The summed E-state index contributed by atoms with van der Waals surface area (Å²) in [5, 5.41) is 0. The van der Waals surface area contributed by atoms with Crippen LogP contribution in [0.2, 0.25) is 0 Å². The second-order valence-corrected chi connectivity index (χ2v) is 6.35. The SMILES string of the molecule is CN1CCCc2cc(C(CN)N(C)C3CCOC3)ccc21. The van der Waals surface area contributed by atoms with Crippen molar-refractivity contribution in [1.29, 1.82) is 0 Å². The fourth-order valence-electron chi connectivity index (χ4n) is 3.65. The standard InChI is InChI=1S/C17H27N3O/c1-19-8-3-4-13-10-14(5-6-16(13)19)17(11-18)20(2)15-7-9-21-12-15/h5-6,10,15,17H,3-4,7-9,11-12,18H2,1-2H3. The van der Waals surface area contributed by atoms with Gasteiger partial charge in [-0.05, 0) is 43.5 Å². The molecule has 0 aliphatic carbocycles. The van der Waals surface area contributed by atoms with Gasteiger partial charge in [0.2, 0.25) is 0 Å². The van der Waals surface area contributed by atoms with Crippen LogP contribution in [-0.2, 0) is 11.2 Å². The van der Waals surface area contributed by atoms with Crippen LogP contribution in [-0.4, -0.2) is 51.3 Å². The fraction of sp³-hybridized carbons (Fsp3) is 0.647. The van der Waals surface area contributed by atoms with Crippen LogP contribution in [0.1, 0.15) is 30.0 Å². The number of benzene rings is 1. The Balaban J connectivity index is 1.83. The first kappa shape index (κ1) is 14.8. The average Bonchev–Trinajstić information content (AvgIpc) is 3.02. The van der Waals surface area contributed by atoms with Crippen LogP contribution < -0.4 is 10.6 Å². The summed E-state index contributed by atoms with van der Waals surface area (Å²) in [6.45, 7) is 3.52. The van der Waals surface area contributed by atoms with Crippen molar-refractivity contribution in [2.75, 3.05) is 45.3 Å². The van der Waals surface area contributed by atoms with E-state index >= 15 is 0 Å². The van der Waals surface area contributed by atoms with E-state index in [0.29, 0.717) is 12.6 Å². The van der Waals surface area contributed by atoms with Crippen molar-refractivity contribution in [3.8, 4) is 0 Å². The highest BCUT2D eigenvalue weighted by molar-refractivity contribution is 5.56. The minimum absolute atomic E-state index is 0.286.